The van der Waals surface area contributed by atoms with Gasteiger partial charge in [-0.2, -0.15) is 0 Å². The second-order valence-electron chi connectivity index (χ2n) is 8.05. The van der Waals surface area contributed by atoms with Crippen LogP contribution in [0.5, 0.6) is 0 Å². The maximum atomic E-state index is 13.8. The highest BCUT2D eigenvalue weighted by molar-refractivity contribution is 7.20. The SMILES string of the molecule is Cc1c(C(=O)NCCC2CCCN2C)sc2ncnc(NCCc3ccccc3F)c12. The Labute approximate surface area is 185 Å². The number of hydrogen-bond donors (Lipinski definition) is 2. The number of amides is 1. The van der Waals surface area contributed by atoms with Crippen LogP contribution in [-0.4, -0.2) is 53.5 Å². The van der Waals surface area contributed by atoms with Crippen LogP contribution in [0.4, 0.5) is 10.2 Å². The van der Waals surface area contributed by atoms with Gasteiger partial charge in [-0.1, -0.05) is 18.2 Å². The van der Waals surface area contributed by atoms with Crippen molar-refractivity contribution in [2.24, 2.45) is 0 Å². The minimum absolute atomic E-state index is 0.0570. The van der Waals surface area contributed by atoms with Crippen molar-refractivity contribution < 1.29 is 9.18 Å². The first kappa shape index (κ1) is 21.6. The van der Waals surface area contributed by atoms with Crippen molar-refractivity contribution in [3.05, 3.63) is 52.4 Å². The van der Waals surface area contributed by atoms with E-state index in [9.17, 15) is 9.18 Å². The van der Waals surface area contributed by atoms with Gasteiger partial charge in [0.2, 0.25) is 0 Å². The molecule has 3 heterocycles. The van der Waals surface area contributed by atoms with Crippen LogP contribution < -0.4 is 10.6 Å². The Kier molecular flexibility index (Phi) is 6.77. The zero-order chi connectivity index (χ0) is 21.8. The number of carbonyl (C=O) groups excluding carboxylic acids is 1. The lowest BCUT2D eigenvalue weighted by atomic mass is 10.1. The van der Waals surface area contributed by atoms with E-state index in [1.807, 2.05) is 13.0 Å². The van der Waals surface area contributed by atoms with Gasteiger partial charge in [0.25, 0.3) is 5.91 Å². The number of aromatic nitrogens is 2. The van der Waals surface area contributed by atoms with Crippen molar-refractivity contribution in [2.45, 2.75) is 38.6 Å². The number of benzene rings is 1. The van der Waals surface area contributed by atoms with Gasteiger partial charge in [0, 0.05) is 19.1 Å². The highest BCUT2D eigenvalue weighted by Crippen LogP contribution is 2.33. The first-order valence-electron chi connectivity index (χ1n) is 10.7. The maximum absolute atomic E-state index is 13.8. The smallest absolute Gasteiger partial charge is 0.261 e. The average Bonchev–Trinajstić information content (AvgIpc) is 3.33. The molecule has 0 radical (unpaired) electrons. The van der Waals surface area contributed by atoms with Crippen LogP contribution in [0.3, 0.4) is 0 Å². The number of rotatable bonds is 8. The van der Waals surface area contributed by atoms with E-state index in [4.69, 9.17) is 0 Å². The number of carbonyl (C=O) groups is 1. The number of hydrogen-bond acceptors (Lipinski definition) is 6. The van der Waals surface area contributed by atoms with Crippen molar-refractivity contribution in [3.8, 4) is 0 Å². The van der Waals surface area contributed by atoms with Crippen molar-refractivity contribution in [3.63, 3.8) is 0 Å². The van der Waals surface area contributed by atoms with Crippen LogP contribution in [-0.2, 0) is 6.42 Å². The lowest BCUT2D eigenvalue weighted by molar-refractivity contribution is 0.0954. The third kappa shape index (κ3) is 4.85. The second-order valence-corrected chi connectivity index (χ2v) is 9.05. The molecule has 3 aromatic rings. The largest absolute Gasteiger partial charge is 0.369 e. The minimum Gasteiger partial charge on any atom is -0.369 e. The summed E-state index contributed by atoms with van der Waals surface area (Å²) in [6.07, 6.45) is 5.45. The Morgan fingerprint density at radius 2 is 2.13 bits per heavy atom. The number of halogens is 1. The molecule has 0 saturated carbocycles. The molecule has 1 fully saturated rings. The third-order valence-electron chi connectivity index (χ3n) is 6.01. The summed E-state index contributed by atoms with van der Waals surface area (Å²) in [6.45, 7) is 4.28. The number of anilines is 1. The standard InChI is InChI=1S/C23H28FN5OS/c1-15-19-21(25-11-9-16-6-3-4-8-18(16)24)27-14-28-23(19)31-20(15)22(30)26-12-10-17-7-5-13-29(17)2/h3-4,6,8,14,17H,5,7,9-13H2,1-2H3,(H,26,30)(H,25,27,28). The summed E-state index contributed by atoms with van der Waals surface area (Å²) in [6, 6.07) is 7.33. The molecule has 0 spiro atoms. The summed E-state index contributed by atoms with van der Waals surface area (Å²) >= 11 is 1.39. The molecule has 2 N–H and O–H groups in total. The lowest BCUT2D eigenvalue weighted by Gasteiger charge is -2.19. The fraction of sp³-hybridized carbons (Fsp3) is 0.435. The fourth-order valence-electron chi connectivity index (χ4n) is 4.22. The molecular formula is C23H28FN5OS. The lowest BCUT2D eigenvalue weighted by Crippen LogP contribution is -2.31. The van der Waals surface area contributed by atoms with Crippen LogP contribution in [0.1, 0.15) is 40.1 Å². The summed E-state index contributed by atoms with van der Waals surface area (Å²) in [7, 11) is 2.15. The third-order valence-corrected chi connectivity index (χ3v) is 7.21. The van der Waals surface area contributed by atoms with Gasteiger partial charge in [0.1, 0.15) is 22.8 Å². The van der Waals surface area contributed by atoms with Crippen molar-refractivity contribution in [1.29, 1.82) is 0 Å². The van der Waals surface area contributed by atoms with Crippen molar-refractivity contribution >= 4 is 33.3 Å². The number of aryl methyl sites for hydroxylation is 1. The zero-order valence-electron chi connectivity index (χ0n) is 17.9. The Hall–Kier alpha value is -2.58. The second kappa shape index (κ2) is 9.70. The van der Waals surface area contributed by atoms with Crippen molar-refractivity contribution in [2.75, 3.05) is 32.0 Å². The predicted molar refractivity (Wildman–Crippen MR) is 123 cm³/mol. The quantitative estimate of drug-likeness (QED) is 0.553. The Bertz CT molecular complexity index is 1070. The molecule has 1 saturated heterocycles. The molecule has 2 aromatic heterocycles. The molecule has 4 rings (SSSR count). The molecule has 6 nitrogen and oxygen atoms in total. The molecule has 0 bridgehead atoms. The van der Waals surface area contributed by atoms with Crippen LogP contribution in [0.15, 0.2) is 30.6 Å². The number of nitrogens with one attached hydrogen (secondary N) is 2. The van der Waals surface area contributed by atoms with E-state index in [2.05, 4.69) is 32.5 Å². The number of thiophene rings is 1. The van der Waals surface area contributed by atoms with Gasteiger partial charge in [-0.05, 0) is 63.4 Å². The molecule has 1 unspecified atom stereocenters. The summed E-state index contributed by atoms with van der Waals surface area (Å²) in [5, 5.41) is 7.23. The monoisotopic (exact) mass is 441 g/mol. The molecule has 1 aliphatic heterocycles. The van der Waals surface area contributed by atoms with Gasteiger partial charge in [-0.3, -0.25) is 4.79 Å². The van der Waals surface area contributed by atoms with E-state index in [1.165, 1.54) is 36.6 Å². The number of fused-ring (bicyclic) bond motifs is 1. The van der Waals surface area contributed by atoms with E-state index >= 15 is 0 Å². The van der Waals surface area contributed by atoms with Crippen LogP contribution in [0.2, 0.25) is 0 Å². The zero-order valence-corrected chi connectivity index (χ0v) is 18.8. The highest BCUT2D eigenvalue weighted by atomic mass is 32.1. The van der Waals surface area contributed by atoms with E-state index in [1.54, 1.807) is 12.1 Å². The molecule has 0 aliphatic carbocycles. The van der Waals surface area contributed by atoms with Crippen LogP contribution >= 0.6 is 11.3 Å². The van der Waals surface area contributed by atoms with Crippen LogP contribution in [0.25, 0.3) is 10.2 Å². The number of nitrogens with zero attached hydrogens (tertiary/aromatic N) is 3. The molecule has 1 aromatic carbocycles. The molecule has 8 heteroatoms. The summed E-state index contributed by atoms with van der Waals surface area (Å²) in [5.41, 5.74) is 1.54. The van der Waals surface area contributed by atoms with E-state index in [0.717, 1.165) is 28.7 Å². The summed E-state index contributed by atoms with van der Waals surface area (Å²) < 4.78 is 13.8. The van der Waals surface area contributed by atoms with Crippen LogP contribution in [0, 0.1) is 12.7 Å². The van der Waals surface area contributed by atoms with Crippen molar-refractivity contribution in [1.82, 2.24) is 20.2 Å². The van der Waals surface area contributed by atoms with E-state index < -0.39 is 0 Å². The Morgan fingerprint density at radius 1 is 1.29 bits per heavy atom. The summed E-state index contributed by atoms with van der Waals surface area (Å²) in [4.78, 5) is 25.4. The molecule has 31 heavy (non-hydrogen) atoms. The topological polar surface area (TPSA) is 70.2 Å². The molecular weight excluding hydrogens is 413 g/mol. The van der Waals surface area contributed by atoms with Gasteiger partial charge in [0.05, 0.1) is 10.3 Å². The molecule has 1 amide bonds. The van der Waals surface area contributed by atoms with E-state index in [-0.39, 0.29) is 11.7 Å². The van der Waals surface area contributed by atoms with E-state index in [0.29, 0.717) is 41.8 Å². The molecule has 1 atom stereocenters. The minimum atomic E-state index is -0.202. The first-order chi connectivity index (χ1) is 15.0. The average molecular weight is 442 g/mol. The Morgan fingerprint density at radius 3 is 2.90 bits per heavy atom. The highest BCUT2D eigenvalue weighted by Gasteiger charge is 2.22. The fourth-order valence-corrected chi connectivity index (χ4v) is 5.28. The summed E-state index contributed by atoms with van der Waals surface area (Å²) in [5.74, 6) is 0.423. The first-order valence-corrected chi connectivity index (χ1v) is 11.6. The van der Waals surface area contributed by atoms with Gasteiger partial charge >= 0.3 is 0 Å². The predicted octanol–water partition coefficient (Wildman–Crippen LogP) is 4.01. The van der Waals surface area contributed by atoms with Gasteiger partial charge < -0.3 is 15.5 Å². The number of likely N-dealkylation sites (tertiary alicyclic amines) is 1. The van der Waals surface area contributed by atoms with Gasteiger partial charge in [-0.25, -0.2) is 14.4 Å². The van der Waals surface area contributed by atoms with Gasteiger partial charge in [0.15, 0.2) is 0 Å². The molecule has 164 valence electrons. The Balaban J connectivity index is 1.42. The molecule has 1 aliphatic rings. The van der Waals surface area contributed by atoms with Gasteiger partial charge in [-0.15, -0.1) is 11.3 Å². The normalized spacial score (nSPS) is 16.7. The maximum Gasteiger partial charge on any atom is 0.261 e.